The van der Waals surface area contributed by atoms with Crippen LogP contribution in [-0.4, -0.2) is 33.6 Å². The van der Waals surface area contributed by atoms with Crippen LogP contribution in [0.15, 0.2) is 41.6 Å². The number of nitrogens with zero attached hydrogens (tertiary/aromatic N) is 2. The standard InChI is InChI=1S/C13H12F3N3OS/c1-19(8-9-6-17-18-7-9)12(20)10-2-4-11(5-3-10)21-13(14,15)16/h2-7H,8H2,1H3,(H,17,18). The van der Waals surface area contributed by atoms with Crippen LogP contribution in [0.3, 0.4) is 0 Å². The zero-order valence-electron chi connectivity index (χ0n) is 11.0. The van der Waals surface area contributed by atoms with Crippen LogP contribution >= 0.6 is 11.8 Å². The number of nitrogens with one attached hydrogen (secondary N) is 1. The average Bonchev–Trinajstić information content (AvgIpc) is 2.90. The number of alkyl halides is 3. The molecule has 0 unspecified atom stereocenters. The molecule has 1 aromatic carbocycles. The zero-order valence-corrected chi connectivity index (χ0v) is 11.8. The number of thioether (sulfide) groups is 1. The fourth-order valence-corrected chi connectivity index (χ4v) is 2.27. The smallest absolute Gasteiger partial charge is 0.337 e. The average molecular weight is 315 g/mol. The summed E-state index contributed by atoms with van der Waals surface area (Å²) < 4.78 is 36.7. The second-order valence-electron chi connectivity index (χ2n) is 4.34. The third-order valence-electron chi connectivity index (χ3n) is 2.66. The summed E-state index contributed by atoms with van der Waals surface area (Å²) in [4.78, 5) is 13.7. The van der Waals surface area contributed by atoms with E-state index in [1.807, 2.05) is 0 Å². The van der Waals surface area contributed by atoms with Crippen LogP contribution in [0.25, 0.3) is 0 Å². The lowest BCUT2D eigenvalue weighted by Crippen LogP contribution is -2.25. The maximum absolute atomic E-state index is 12.2. The highest BCUT2D eigenvalue weighted by molar-refractivity contribution is 8.00. The molecule has 0 aliphatic carbocycles. The largest absolute Gasteiger partial charge is 0.446 e. The van der Waals surface area contributed by atoms with E-state index < -0.39 is 5.51 Å². The van der Waals surface area contributed by atoms with Crippen LogP contribution in [0.5, 0.6) is 0 Å². The fraction of sp³-hybridized carbons (Fsp3) is 0.231. The van der Waals surface area contributed by atoms with E-state index in [0.717, 1.165) is 5.56 Å². The first kappa shape index (κ1) is 15.4. The maximum atomic E-state index is 12.2. The van der Waals surface area contributed by atoms with E-state index in [4.69, 9.17) is 0 Å². The van der Waals surface area contributed by atoms with E-state index in [1.165, 1.54) is 29.2 Å². The Hall–Kier alpha value is -1.96. The molecule has 0 spiro atoms. The summed E-state index contributed by atoms with van der Waals surface area (Å²) in [7, 11) is 1.62. The number of hydrogen-bond donors (Lipinski definition) is 1. The number of halogens is 3. The van der Waals surface area contributed by atoms with Gasteiger partial charge in [-0.15, -0.1) is 0 Å². The van der Waals surface area contributed by atoms with Gasteiger partial charge in [-0.2, -0.15) is 18.3 Å². The predicted octanol–water partition coefficient (Wildman–Crippen LogP) is 3.29. The highest BCUT2D eigenvalue weighted by Gasteiger charge is 2.29. The van der Waals surface area contributed by atoms with Gasteiger partial charge >= 0.3 is 5.51 Å². The van der Waals surface area contributed by atoms with E-state index in [-0.39, 0.29) is 22.6 Å². The van der Waals surface area contributed by atoms with Crippen molar-refractivity contribution in [2.45, 2.75) is 16.9 Å². The summed E-state index contributed by atoms with van der Waals surface area (Å²) in [5, 5.41) is 6.43. The molecule has 0 atom stereocenters. The summed E-state index contributed by atoms with van der Waals surface area (Å²) in [6.07, 6.45) is 3.28. The third-order valence-corrected chi connectivity index (χ3v) is 3.40. The minimum Gasteiger partial charge on any atom is -0.337 e. The van der Waals surface area contributed by atoms with Gasteiger partial charge in [0, 0.05) is 35.8 Å². The molecule has 2 rings (SSSR count). The van der Waals surface area contributed by atoms with Gasteiger partial charge in [-0.05, 0) is 36.0 Å². The van der Waals surface area contributed by atoms with Crippen LogP contribution < -0.4 is 0 Å². The number of carbonyl (C=O) groups excluding carboxylic acids is 1. The lowest BCUT2D eigenvalue weighted by molar-refractivity contribution is -0.0328. The normalized spacial score (nSPS) is 11.4. The minimum atomic E-state index is -4.33. The van der Waals surface area contributed by atoms with Crippen LogP contribution in [0.1, 0.15) is 15.9 Å². The first-order valence-electron chi connectivity index (χ1n) is 5.94. The van der Waals surface area contributed by atoms with E-state index in [9.17, 15) is 18.0 Å². The number of rotatable bonds is 4. The maximum Gasteiger partial charge on any atom is 0.446 e. The van der Waals surface area contributed by atoms with Crippen molar-refractivity contribution in [2.75, 3.05) is 7.05 Å². The molecule has 0 aliphatic heterocycles. The first-order valence-corrected chi connectivity index (χ1v) is 6.76. The number of H-pyrrole nitrogens is 1. The van der Waals surface area contributed by atoms with Gasteiger partial charge in [-0.1, -0.05) is 0 Å². The van der Waals surface area contributed by atoms with Crippen molar-refractivity contribution < 1.29 is 18.0 Å². The number of aromatic amines is 1. The van der Waals surface area contributed by atoms with Crippen molar-refractivity contribution in [3.8, 4) is 0 Å². The van der Waals surface area contributed by atoms with Gasteiger partial charge in [0.2, 0.25) is 0 Å². The zero-order chi connectivity index (χ0) is 15.5. The molecule has 1 aromatic heterocycles. The van der Waals surface area contributed by atoms with Gasteiger partial charge in [-0.25, -0.2) is 0 Å². The Morgan fingerprint density at radius 2 is 2.00 bits per heavy atom. The van der Waals surface area contributed by atoms with Crippen molar-refractivity contribution in [1.29, 1.82) is 0 Å². The Bertz CT molecular complexity index is 596. The molecule has 21 heavy (non-hydrogen) atoms. The number of carbonyl (C=O) groups is 1. The second-order valence-corrected chi connectivity index (χ2v) is 5.48. The van der Waals surface area contributed by atoms with Gasteiger partial charge < -0.3 is 4.90 Å². The SMILES string of the molecule is CN(Cc1cn[nH]c1)C(=O)c1ccc(SC(F)(F)F)cc1. The van der Waals surface area contributed by atoms with Crippen molar-refractivity contribution >= 4 is 17.7 Å². The number of benzene rings is 1. The Balaban J connectivity index is 2.02. The lowest BCUT2D eigenvalue weighted by Gasteiger charge is -2.16. The monoisotopic (exact) mass is 315 g/mol. The van der Waals surface area contributed by atoms with Gasteiger partial charge in [0.15, 0.2) is 0 Å². The number of amides is 1. The van der Waals surface area contributed by atoms with Gasteiger partial charge in [-0.3, -0.25) is 9.89 Å². The molecule has 1 N–H and O–H groups in total. The summed E-state index contributed by atoms with van der Waals surface area (Å²) in [5.41, 5.74) is -3.15. The lowest BCUT2D eigenvalue weighted by atomic mass is 10.2. The van der Waals surface area contributed by atoms with Crippen molar-refractivity contribution in [3.05, 3.63) is 47.8 Å². The molecular weight excluding hydrogens is 303 g/mol. The topological polar surface area (TPSA) is 49.0 Å². The molecule has 1 heterocycles. The van der Waals surface area contributed by atoms with Gasteiger partial charge in [0.25, 0.3) is 5.91 Å². The van der Waals surface area contributed by atoms with Crippen molar-refractivity contribution in [1.82, 2.24) is 15.1 Å². The Kier molecular flexibility index (Phi) is 4.56. The van der Waals surface area contributed by atoms with Gasteiger partial charge in [0.1, 0.15) is 0 Å². The third kappa shape index (κ3) is 4.52. The summed E-state index contributed by atoms with van der Waals surface area (Å²) in [6.45, 7) is 0.369. The molecule has 8 heteroatoms. The Morgan fingerprint density at radius 3 is 2.52 bits per heavy atom. The predicted molar refractivity (Wildman–Crippen MR) is 72.7 cm³/mol. The first-order chi connectivity index (χ1) is 9.85. The highest BCUT2D eigenvalue weighted by Crippen LogP contribution is 2.36. The van der Waals surface area contributed by atoms with E-state index in [1.54, 1.807) is 19.4 Å². The summed E-state index contributed by atoms with van der Waals surface area (Å²) in [5.74, 6) is -0.264. The number of aromatic nitrogens is 2. The molecule has 0 fully saturated rings. The molecular formula is C13H12F3N3OS. The molecule has 1 amide bonds. The molecule has 112 valence electrons. The minimum absolute atomic E-state index is 0.0523. The highest BCUT2D eigenvalue weighted by atomic mass is 32.2. The Labute approximate surface area is 123 Å². The summed E-state index contributed by atoms with van der Waals surface area (Å²) >= 11 is -0.204. The number of hydrogen-bond acceptors (Lipinski definition) is 3. The molecule has 0 radical (unpaired) electrons. The van der Waals surface area contributed by atoms with E-state index in [0.29, 0.717) is 12.1 Å². The fourth-order valence-electron chi connectivity index (χ4n) is 1.73. The van der Waals surface area contributed by atoms with Crippen LogP contribution in [0.2, 0.25) is 0 Å². The van der Waals surface area contributed by atoms with Crippen molar-refractivity contribution in [3.63, 3.8) is 0 Å². The molecule has 0 bridgehead atoms. The quantitative estimate of drug-likeness (QED) is 0.881. The molecule has 4 nitrogen and oxygen atoms in total. The van der Waals surface area contributed by atoms with Crippen LogP contribution in [0, 0.1) is 0 Å². The molecule has 2 aromatic rings. The van der Waals surface area contributed by atoms with Gasteiger partial charge in [0.05, 0.1) is 6.20 Å². The summed E-state index contributed by atoms with van der Waals surface area (Å²) in [6, 6.07) is 5.36. The second kappa shape index (κ2) is 6.21. The van der Waals surface area contributed by atoms with Crippen LogP contribution in [-0.2, 0) is 6.54 Å². The van der Waals surface area contributed by atoms with E-state index >= 15 is 0 Å². The van der Waals surface area contributed by atoms with Crippen molar-refractivity contribution in [2.24, 2.45) is 0 Å². The molecule has 0 saturated carbocycles. The Morgan fingerprint density at radius 1 is 1.33 bits per heavy atom. The van der Waals surface area contributed by atoms with Crippen LogP contribution in [0.4, 0.5) is 13.2 Å². The molecule has 0 saturated heterocycles. The van der Waals surface area contributed by atoms with E-state index in [2.05, 4.69) is 10.2 Å². The molecule has 0 aliphatic rings.